The fourth-order valence-corrected chi connectivity index (χ4v) is 1.30. The van der Waals surface area contributed by atoms with Gasteiger partial charge in [-0.25, -0.2) is 4.98 Å². The molecule has 0 aliphatic heterocycles. The van der Waals surface area contributed by atoms with Crippen LogP contribution in [0.15, 0.2) is 12.3 Å². The largest absolute Gasteiger partial charge is 0.389 e. The molecule has 0 fully saturated rings. The zero-order valence-electron chi connectivity index (χ0n) is 7.61. The van der Waals surface area contributed by atoms with E-state index in [4.69, 9.17) is 11.6 Å². The third-order valence-corrected chi connectivity index (χ3v) is 2.28. The average Bonchev–Trinajstić information content (AvgIpc) is 2.15. The van der Waals surface area contributed by atoms with E-state index in [1.165, 1.54) is 12.3 Å². The first-order chi connectivity index (χ1) is 6.56. The molecule has 1 aromatic rings. The minimum absolute atomic E-state index is 0.0853. The first-order valence-corrected chi connectivity index (χ1v) is 4.64. The molecule has 0 radical (unpaired) electrons. The Morgan fingerprint density at radius 2 is 2.21 bits per heavy atom. The number of nitrogens with zero attached hydrogens (tertiary/aromatic N) is 1. The standard InChI is InChI=1S/C9H11ClFNO2/c1-5-2-8(11)12-4-6(5)9(14)7(13)3-10/h2,4,7,9,13-14H,3H2,1H3. The Balaban J connectivity index is 2.95. The Hall–Kier alpha value is -0.710. The fourth-order valence-electron chi connectivity index (χ4n) is 1.13. The Morgan fingerprint density at radius 1 is 1.57 bits per heavy atom. The van der Waals surface area contributed by atoms with E-state index < -0.39 is 18.2 Å². The summed E-state index contributed by atoms with van der Waals surface area (Å²) in [4.78, 5) is 3.40. The molecule has 0 bridgehead atoms. The van der Waals surface area contributed by atoms with Crippen LogP contribution in [0.4, 0.5) is 4.39 Å². The van der Waals surface area contributed by atoms with Gasteiger partial charge in [-0.2, -0.15) is 4.39 Å². The van der Waals surface area contributed by atoms with Gasteiger partial charge < -0.3 is 10.2 Å². The highest BCUT2D eigenvalue weighted by Crippen LogP contribution is 2.20. The summed E-state index contributed by atoms with van der Waals surface area (Å²) >= 11 is 5.38. The predicted octanol–water partition coefficient (Wildman–Crippen LogP) is 1.16. The molecule has 2 unspecified atom stereocenters. The van der Waals surface area contributed by atoms with E-state index in [-0.39, 0.29) is 5.88 Å². The maximum atomic E-state index is 12.6. The van der Waals surface area contributed by atoms with Crippen LogP contribution in [0.2, 0.25) is 0 Å². The molecule has 78 valence electrons. The molecule has 0 amide bonds. The molecule has 3 nitrogen and oxygen atoms in total. The predicted molar refractivity (Wildman–Crippen MR) is 50.6 cm³/mol. The third-order valence-electron chi connectivity index (χ3n) is 1.96. The minimum atomic E-state index is -1.12. The smallest absolute Gasteiger partial charge is 0.213 e. The normalized spacial score (nSPS) is 15.2. The van der Waals surface area contributed by atoms with Crippen molar-refractivity contribution in [2.24, 2.45) is 0 Å². The van der Waals surface area contributed by atoms with Gasteiger partial charge in [0.1, 0.15) is 6.10 Å². The van der Waals surface area contributed by atoms with E-state index in [1.54, 1.807) is 6.92 Å². The van der Waals surface area contributed by atoms with Crippen molar-refractivity contribution >= 4 is 11.6 Å². The lowest BCUT2D eigenvalue weighted by atomic mass is 10.0. The lowest BCUT2D eigenvalue weighted by Gasteiger charge is -2.17. The summed E-state index contributed by atoms with van der Waals surface area (Å²) in [5.74, 6) is -0.698. The first-order valence-electron chi connectivity index (χ1n) is 4.10. The van der Waals surface area contributed by atoms with Gasteiger partial charge in [-0.15, -0.1) is 11.6 Å². The maximum Gasteiger partial charge on any atom is 0.213 e. The van der Waals surface area contributed by atoms with Crippen molar-refractivity contribution in [2.45, 2.75) is 19.1 Å². The van der Waals surface area contributed by atoms with Gasteiger partial charge in [0.25, 0.3) is 0 Å². The number of alkyl halides is 1. The second kappa shape index (κ2) is 4.68. The highest BCUT2D eigenvalue weighted by Gasteiger charge is 2.19. The van der Waals surface area contributed by atoms with Gasteiger partial charge >= 0.3 is 0 Å². The molecule has 0 aliphatic rings. The molecule has 1 aromatic heterocycles. The molecular formula is C9H11ClFNO2. The molecule has 0 saturated carbocycles. The lowest BCUT2D eigenvalue weighted by molar-refractivity contribution is 0.0320. The van der Waals surface area contributed by atoms with Crippen molar-refractivity contribution < 1.29 is 14.6 Å². The van der Waals surface area contributed by atoms with Crippen molar-refractivity contribution in [1.29, 1.82) is 0 Å². The molecule has 5 heteroatoms. The number of aliphatic hydroxyl groups is 2. The van der Waals surface area contributed by atoms with E-state index in [0.717, 1.165) is 0 Å². The summed E-state index contributed by atoms with van der Waals surface area (Å²) in [6.07, 6.45) is -0.992. The van der Waals surface area contributed by atoms with Gasteiger partial charge in [-0.1, -0.05) is 0 Å². The number of aryl methyl sites for hydroxylation is 1. The van der Waals surface area contributed by atoms with Gasteiger partial charge in [0.05, 0.1) is 12.0 Å². The molecule has 0 saturated heterocycles. The van der Waals surface area contributed by atoms with Crippen LogP contribution in [0.3, 0.4) is 0 Å². The van der Waals surface area contributed by atoms with Gasteiger partial charge in [0, 0.05) is 11.8 Å². The van der Waals surface area contributed by atoms with Crippen LogP contribution in [0, 0.1) is 12.9 Å². The van der Waals surface area contributed by atoms with E-state index in [9.17, 15) is 14.6 Å². The summed E-state index contributed by atoms with van der Waals surface area (Å²) in [5, 5.41) is 18.8. The minimum Gasteiger partial charge on any atom is -0.389 e. The highest BCUT2D eigenvalue weighted by atomic mass is 35.5. The van der Waals surface area contributed by atoms with Crippen LogP contribution < -0.4 is 0 Å². The molecular weight excluding hydrogens is 209 g/mol. The average molecular weight is 220 g/mol. The van der Waals surface area contributed by atoms with Crippen LogP contribution in [-0.2, 0) is 0 Å². The van der Waals surface area contributed by atoms with Crippen molar-refractivity contribution in [3.05, 3.63) is 29.3 Å². The summed E-state index contributed by atoms with van der Waals surface area (Å²) in [6, 6.07) is 1.19. The summed E-state index contributed by atoms with van der Waals surface area (Å²) in [6.45, 7) is 1.63. The molecule has 14 heavy (non-hydrogen) atoms. The number of hydrogen-bond donors (Lipinski definition) is 2. The number of pyridine rings is 1. The summed E-state index contributed by atoms with van der Waals surface area (Å²) < 4.78 is 12.6. The SMILES string of the molecule is Cc1cc(F)ncc1C(O)C(O)CCl. The highest BCUT2D eigenvalue weighted by molar-refractivity contribution is 6.18. The third kappa shape index (κ3) is 2.41. The number of halogens is 2. The van der Waals surface area contributed by atoms with Gasteiger partial charge in [-0.05, 0) is 18.6 Å². The van der Waals surface area contributed by atoms with Crippen molar-refractivity contribution in [2.75, 3.05) is 5.88 Å². The van der Waals surface area contributed by atoms with Gasteiger partial charge in [0.15, 0.2) is 0 Å². The number of aliphatic hydroxyl groups excluding tert-OH is 2. The topological polar surface area (TPSA) is 53.4 Å². The lowest BCUT2D eigenvalue weighted by Crippen LogP contribution is -2.20. The van der Waals surface area contributed by atoms with Gasteiger partial charge in [0.2, 0.25) is 5.95 Å². The zero-order valence-corrected chi connectivity index (χ0v) is 8.37. The van der Waals surface area contributed by atoms with E-state index >= 15 is 0 Å². The summed E-state index contributed by atoms with van der Waals surface area (Å²) in [5.41, 5.74) is 0.925. The Bertz CT molecular complexity index is 322. The van der Waals surface area contributed by atoms with E-state index in [2.05, 4.69) is 4.98 Å². The monoisotopic (exact) mass is 219 g/mol. The van der Waals surface area contributed by atoms with Crippen LogP contribution in [0.5, 0.6) is 0 Å². The van der Waals surface area contributed by atoms with Crippen LogP contribution in [0.1, 0.15) is 17.2 Å². The molecule has 1 rings (SSSR count). The first kappa shape index (κ1) is 11.4. The molecule has 0 spiro atoms. The Morgan fingerprint density at radius 3 is 2.71 bits per heavy atom. The number of rotatable bonds is 3. The van der Waals surface area contributed by atoms with Crippen LogP contribution in [-0.4, -0.2) is 27.2 Å². The quantitative estimate of drug-likeness (QED) is 0.593. The molecule has 0 aliphatic carbocycles. The molecule has 1 heterocycles. The van der Waals surface area contributed by atoms with Crippen LogP contribution in [0.25, 0.3) is 0 Å². The molecule has 2 N–H and O–H groups in total. The second-order valence-electron chi connectivity index (χ2n) is 3.03. The second-order valence-corrected chi connectivity index (χ2v) is 3.34. The summed E-state index contributed by atoms with van der Waals surface area (Å²) in [7, 11) is 0. The number of aromatic nitrogens is 1. The van der Waals surface area contributed by atoms with Gasteiger partial charge in [-0.3, -0.25) is 0 Å². The molecule has 2 atom stereocenters. The van der Waals surface area contributed by atoms with Crippen molar-refractivity contribution in [1.82, 2.24) is 4.98 Å². The fraction of sp³-hybridized carbons (Fsp3) is 0.444. The van der Waals surface area contributed by atoms with Crippen LogP contribution >= 0.6 is 11.6 Å². The van der Waals surface area contributed by atoms with Crippen molar-refractivity contribution in [3.63, 3.8) is 0 Å². The Labute approximate surface area is 86.2 Å². The maximum absolute atomic E-state index is 12.6. The van der Waals surface area contributed by atoms with Crippen molar-refractivity contribution in [3.8, 4) is 0 Å². The van der Waals surface area contributed by atoms with E-state index in [0.29, 0.717) is 11.1 Å². The number of hydrogen-bond acceptors (Lipinski definition) is 3. The zero-order chi connectivity index (χ0) is 10.7. The van der Waals surface area contributed by atoms with E-state index in [1.807, 2.05) is 0 Å². The molecule has 0 aromatic carbocycles. The Kier molecular flexibility index (Phi) is 3.80.